The van der Waals surface area contributed by atoms with Crippen LogP contribution < -0.4 is 11.1 Å². The number of hydrogen-bond donors (Lipinski definition) is 3. The molecule has 0 saturated carbocycles. The second-order valence-corrected chi connectivity index (χ2v) is 4.36. The first-order valence-electron chi connectivity index (χ1n) is 5.41. The Morgan fingerprint density at radius 2 is 2.11 bits per heavy atom. The largest absolute Gasteiger partial charge is 0.395 e. The van der Waals surface area contributed by atoms with Crippen molar-refractivity contribution in [2.75, 3.05) is 5.73 Å². The fraction of sp³-hybridized carbons (Fsp3) is 0.167. The number of halogens is 1. The lowest BCUT2D eigenvalue weighted by Crippen LogP contribution is -2.24. The molecule has 0 radical (unpaired) electrons. The van der Waals surface area contributed by atoms with Crippen LogP contribution >= 0.6 is 11.6 Å². The smallest absolute Gasteiger partial charge is 0.274 e. The van der Waals surface area contributed by atoms with E-state index in [-0.39, 0.29) is 11.6 Å². The van der Waals surface area contributed by atoms with Crippen molar-refractivity contribution in [3.63, 3.8) is 0 Å². The topological polar surface area (TPSA) is 83.8 Å². The Hall–Kier alpha value is -2.01. The van der Waals surface area contributed by atoms with E-state index in [1.165, 1.54) is 0 Å². The molecule has 0 aliphatic heterocycles. The number of nitrogens with two attached hydrogens (primary N) is 1. The predicted molar refractivity (Wildman–Crippen MR) is 70.4 cm³/mol. The first kappa shape index (κ1) is 12.4. The molecule has 0 aliphatic rings. The second-order valence-electron chi connectivity index (χ2n) is 3.92. The summed E-state index contributed by atoms with van der Waals surface area (Å²) in [7, 11) is 0. The molecule has 1 aromatic carbocycles. The number of carbonyl (C=O) groups excluding carboxylic acids is 1. The van der Waals surface area contributed by atoms with Crippen molar-refractivity contribution < 1.29 is 4.79 Å². The van der Waals surface area contributed by atoms with Gasteiger partial charge in [-0.2, -0.15) is 5.10 Å². The van der Waals surface area contributed by atoms with E-state index >= 15 is 0 Å². The Morgan fingerprint density at radius 3 is 2.67 bits per heavy atom. The summed E-state index contributed by atoms with van der Waals surface area (Å²) in [4.78, 5) is 11.8. The fourth-order valence-corrected chi connectivity index (χ4v) is 1.61. The van der Waals surface area contributed by atoms with E-state index in [1.54, 1.807) is 19.1 Å². The number of aromatic nitrogens is 2. The highest BCUT2D eigenvalue weighted by atomic mass is 35.5. The minimum absolute atomic E-state index is 0.224. The number of nitrogens with zero attached hydrogens (tertiary/aromatic N) is 1. The van der Waals surface area contributed by atoms with Crippen molar-refractivity contribution >= 4 is 23.2 Å². The zero-order valence-electron chi connectivity index (χ0n) is 9.83. The monoisotopic (exact) mass is 264 g/mol. The molecule has 1 heterocycles. The number of amides is 1. The average molecular weight is 265 g/mol. The third-order valence-corrected chi connectivity index (χ3v) is 2.83. The van der Waals surface area contributed by atoms with Crippen molar-refractivity contribution in [2.45, 2.75) is 13.5 Å². The maximum atomic E-state index is 11.8. The van der Waals surface area contributed by atoms with E-state index in [4.69, 9.17) is 17.3 Å². The molecule has 0 saturated heterocycles. The van der Waals surface area contributed by atoms with Crippen molar-refractivity contribution in [2.24, 2.45) is 0 Å². The van der Waals surface area contributed by atoms with Gasteiger partial charge in [0.2, 0.25) is 0 Å². The highest BCUT2D eigenvalue weighted by Gasteiger charge is 2.14. The van der Waals surface area contributed by atoms with E-state index in [9.17, 15) is 4.79 Å². The molecule has 4 N–H and O–H groups in total. The molecule has 94 valence electrons. The van der Waals surface area contributed by atoms with Crippen LogP contribution in [0.15, 0.2) is 24.3 Å². The lowest BCUT2D eigenvalue weighted by Gasteiger charge is -2.04. The molecule has 5 nitrogen and oxygen atoms in total. The molecular formula is C12H13ClN4O. The van der Waals surface area contributed by atoms with Crippen LogP contribution in [0.3, 0.4) is 0 Å². The molecule has 0 aliphatic carbocycles. The minimum atomic E-state index is -0.299. The Balaban J connectivity index is 2.00. The van der Waals surface area contributed by atoms with Gasteiger partial charge in [0.05, 0.1) is 11.4 Å². The second kappa shape index (κ2) is 5.10. The molecule has 0 atom stereocenters. The Kier molecular flexibility index (Phi) is 3.53. The fourth-order valence-electron chi connectivity index (χ4n) is 1.48. The number of aromatic amines is 1. The van der Waals surface area contributed by atoms with Crippen molar-refractivity contribution in [3.05, 3.63) is 46.2 Å². The van der Waals surface area contributed by atoms with Gasteiger partial charge >= 0.3 is 0 Å². The quantitative estimate of drug-likeness (QED) is 0.791. The van der Waals surface area contributed by atoms with Gasteiger partial charge < -0.3 is 11.1 Å². The summed E-state index contributed by atoms with van der Waals surface area (Å²) >= 11 is 5.78. The zero-order chi connectivity index (χ0) is 13.1. The van der Waals surface area contributed by atoms with Gasteiger partial charge in [0.1, 0.15) is 0 Å². The van der Waals surface area contributed by atoms with E-state index in [1.807, 2.05) is 12.1 Å². The number of H-pyrrole nitrogens is 1. The predicted octanol–water partition coefficient (Wildman–Crippen LogP) is 1.88. The standard InChI is InChI=1S/C12H13ClN4O/c1-7-10(14)11(17-16-7)12(18)15-6-8-2-4-9(13)5-3-8/h2-5H,6,14H2,1H3,(H,15,18)(H,16,17). The number of benzene rings is 1. The van der Waals surface area contributed by atoms with Crippen LogP contribution in [-0.2, 0) is 6.54 Å². The van der Waals surface area contributed by atoms with Crippen LogP contribution in [0.4, 0.5) is 5.69 Å². The van der Waals surface area contributed by atoms with Gasteiger partial charge in [0.25, 0.3) is 5.91 Å². The molecule has 0 bridgehead atoms. The van der Waals surface area contributed by atoms with Gasteiger partial charge in [-0.05, 0) is 24.6 Å². The van der Waals surface area contributed by atoms with Gasteiger partial charge in [-0.25, -0.2) is 0 Å². The maximum Gasteiger partial charge on any atom is 0.274 e. The summed E-state index contributed by atoms with van der Waals surface area (Å²) < 4.78 is 0. The highest BCUT2D eigenvalue weighted by molar-refractivity contribution is 6.30. The van der Waals surface area contributed by atoms with Gasteiger partial charge in [0, 0.05) is 11.6 Å². The van der Waals surface area contributed by atoms with Crippen LogP contribution in [0.5, 0.6) is 0 Å². The van der Waals surface area contributed by atoms with Crippen LogP contribution in [0, 0.1) is 6.92 Å². The van der Waals surface area contributed by atoms with E-state index in [0.29, 0.717) is 22.9 Å². The molecule has 0 unspecified atom stereocenters. The minimum Gasteiger partial charge on any atom is -0.395 e. The SMILES string of the molecule is Cc1[nH]nc(C(=O)NCc2ccc(Cl)cc2)c1N. The molecule has 0 spiro atoms. The lowest BCUT2D eigenvalue weighted by molar-refractivity contribution is 0.0947. The molecule has 1 amide bonds. The number of hydrogen-bond acceptors (Lipinski definition) is 3. The first-order valence-corrected chi connectivity index (χ1v) is 5.79. The van der Waals surface area contributed by atoms with E-state index < -0.39 is 0 Å². The lowest BCUT2D eigenvalue weighted by atomic mass is 10.2. The van der Waals surface area contributed by atoms with Crippen LogP contribution in [0.1, 0.15) is 21.7 Å². The molecule has 2 aromatic rings. The van der Waals surface area contributed by atoms with Crippen LogP contribution in [0.25, 0.3) is 0 Å². The first-order chi connectivity index (χ1) is 8.58. The number of rotatable bonds is 3. The Bertz CT molecular complexity index is 562. The Labute approximate surface area is 109 Å². The summed E-state index contributed by atoms with van der Waals surface area (Å²) in [5, 5.41) is 9.94. The van der Waals surface area contributed by atoms with Crippen molar-refractivity contribution in [3.8, 4) is 0 Å². The van der Waals surface area contributed by atoms with E-state index in [0.717, 1.165) is 5.56 Å². The Morgan fingerprint density at radius 1 is 1.44 bits per heavy atom. The molecule has 2 rings (SSSR count). The average Bonchev–Trinajstić information content (AvgIpc) is 2.69. The van der Waals surface area contributed by atoms with Crippen molar-refractivity contribution in [1.82, 2.24) is 15.5 Å². The van der Waals surface area contributed by atoms with Gasteiger partial charge in [-0.3, -0.25) is 9.89 Å². The van der Waals surface area contributed by atoms with Crippen LogP contribution in [0.2, 0.25) is 5.02 Å². The molecule has 18 heavy (non-hydrogen) atoms. The summed E-state index contributed by atoms with van der Waals surface area (Å²) in [6.07, 6.45) is 0. The summed E-state index contributed by atoms with van der Waals surface area (Å²) in [5.41, 5.74) is 7.97. The molecule has 0 fully saturated rings. The van der Waals surface area contributed by atoms with Gasteiger partial charge in [-0.15, -0.1) is 0 Å². The third kappa shape index (κ3) is 2.62. The summed E-state index contributed by atoms with van der Waals surface area (Å²) in [5.74, 6) is -0.299. The van der Waals surface area contributed by atoms with Gasteiger partial charge in [0.15, 0.2) is 5.69 Å². The van der Waals surface area contributed by atoms with Crippen molar-refractivity contribution in [1.29, 1.82) is 0 Å². The number of nitrogens with one attached hydrogen (secondary N) is 2. The van der Waals surface area contributed by atoms with Gasteiger partial charge in [-0.1, -0.05) is 23.7 Å². The molecule has 1 aromatic heterocycles. The number of carbonyl (C=O) groups is 1. The number of anilines is 1. The number of aryl methyl sites for hydroxylation is 1. The van der Waals surface area contributed by atoms with Crippen LogP contribution in [-0.4, -0.2) is 16.1 Å². The van der Waals surface area contributed by atoms with E-state index in [2.05, 4.69) is 15.5 Å². The zero-order valence-corrected chi connectivity index (χ0v) is 10.6. The maximum absolute atomic E-state index is 11.8. The summed E-state index contributed by atoms with van der Waals surface area (Å²) in [6.45, 7) is 2.17. The molecular weight excluding hydrogens is 252 g/mol. The highest BCUT2D eigenvalue weighted by Crippen LogP contribution is 2.13. The third-order valence-electron chi connectivity index (χ3n) is 2.58. The number of nitrogen functional groups attached to an aromatic ring is 1. The normalized spacial score (nSPS) is 10.3. The molecule has 6 heteroatoms. The summed E-state index contributed by atoms with van der Waals surface area (Å²) in [6, 6.07) is 7.25.